The number of hydrogen-bond acceptors (Lipinski definition) is 3. The van der Waals surface area contributed by atoms with Crippen molar-refractivity contribution >= 4 is 27.7 Å². The number of carbonyl (C=O) groups is 1. The van der Waals surface area contributed by atoms with Crippen molar-refractivity contribution in [3.8, 4) is 0 Å². The van der Waals surface area contributed by atoms with E-state index in [1.165, 1.54) is 30.1 Å². The third kappa shape index (κ3) is 2.98. The molecule has 7 heteroatoms. The summed E-state index contributed by atoms with van der Waals surface area (Å²) in [6.07, 6.45) is 0. The van der Waals surface area contributed by atoms with Crippen molar-refractivity contribution in [2.75, 3.05) is 7.05 Å². The molecule has 0 aliphatic carbocycles. The molecular formula is C11H13BrFN3O2. The Labute approximate surface area is 112 Å². The largest absolute Gasteiger partial charge is 0.409 e. The number of benzene rings is 1. The fraction of sp³-hybridized carbons (Fsp3) is 0.273. The Morgan fingerprint density at radius 2 is 2.22 bits per heavy atom. The Hall–Kier alpha value is -1.63. The van der Waals surface area contributed by atoms with Crippen LogP contribution in [-0.2, 0) is 0 Å². The molecule has 0 aromatic heterocycles. The second-order valence-electron chi connectivity index (χ2n) is 3.74. The highest BCUT2D eigenvalue weighted by Gasteiger charge is 2.22. The predicted octanol–water partition coefficient (Wildman–Crippen LogP) is 1.80. The van der Waals surface area contributed by atoms with Crippen LogP contribution in [0, 0.1) is 5.82 Å². The third-order valence-electron chi connectivity index (χ3n) is 2.61. The number of likely N-dealkylation sites (N-methyl/N-ethyl adjacent to an activating group) is 1. The van der Waals surface area contributed by atoms with Crippen molar-refractivity contribution in [1.29, 1.82) is 0 Å². The Balaban J connectivity index is 3.00. The summed E-state index contributed by atoms with van der Waals surface area (Å²) in [5.41, 5.74) is 5.73. The molecule has 3 N–H and O–H groups in total. The summed E-state index contributed by atoms with van der Waals surface area (Å²) >= 11 is 3.12. The van der Waals surface area contributed by atoms with E-state index in [-0.39, 0.29) is 11.7 Å². The number of nitrogens with two attached hydrogens (primary N) is 1. The van der Waals surface area contributed by atoms with E-state index in [0.717, 1.165) is 0 Å². The lowest BCUT2D eigenvalue weighted by Gasteiger charge is -2.24. The first-order chi connectivity index (χ1) is 8.38. The van der Waals surface area contributed by atoms with Gasteiger partial charge in [-0.15, -0.1) is 0 Å². The first-order valence-electron chi connectivity index (χ1n) is 5.08. The minimum absolute atomic E-state index is 0.0796. The van der Waals surface area contributed by atoms with Crippen LogP contribution in [0.2, 0.25) is 0 Å². The fourth-order valence-electron chi connectivity index (χ4n) is 1.31. The Morgan fingerprint density at radius 3 is 2.72 bits per heavy atom. The molecule has 18 heavy (non-hydrogen) atoms. The zero-order chi connectivity index (χ0) is 13.9. The lowest BCUT2D eigenvalue weighted by Crippen LogP contribution is -2.43. The second kappa shape index (κ2) is 5.81. The standard InChI is InChI=1S/C11H13BrFN3O2/c1-6(10(14)15-18)16(2)11(17)8-4-3-7(13)5-9(8)12/h3-6,18H,1-2H3,(H2,14,15). The van der Waals surface area contributed by atoms with Gasteiger partial charge >= 0.3 is 0 Å². The average Bonchev–Trinajstić information content (AvgIpc) is 2.35. The first-order valence-corrected chi connectivity index (χ1v) is 5.87. The van der Waals surface area contributed by atoms with Crippen molar-refractivity contribution in [1.82, 2.24) is 4.90 Å². The minimum Gasteiger partial charge on any atom is -0.409 e. The zero-order valence-corrected chi connectivity index (χ0v) is 11.5. The quantitative estimate of drug-likeness (QED) is 0.386. The van der Waals surface area contributed by atoms with Gasteiger partial charge in [0.15, 0.2) is 5.84 Å². The number of amidine groups is 1. The van der Waals surface area contributed by atoms with Gasteiger partial charge in [-0.25, -0.2) is 4.39 Å². The highest BCUT2D eigenvalue weighted by atomic mass is 79.9. The maximum Gasteiger partial charge on any atom is 0.255 e. The Bertz CT molecular complexity index is 493. The predicted molar refractivity (Wildman–Crippen MR) is 69.1 cm³/mol. The van der Waals surface area contributed by atoms with Crippen molar-refractivity contribution in [3.05, 3.63) is 34.1 Å². The van der Waals surface area contributed by atoms with Gasteiger partial charge in [-0.2, -0.15) is 0 Å². The van der Waals surface area contributed by atoms with Crippen LogP contribution >= 0.6 is 15.9 Å². The monoisotopic (exact) mass is 317 g/mol. The summed E-state index contributed by atoms with van der Waals surface area (Å²) in [5, 5.41) is 11.4. The highest BCUT2D eigenvalue weighted by molar-refractivity contribution is 9.10. The molecule has 0 saturated carbocycles. The first kappa shape index (κ1) is 14.4. The van der Waals surface area contributed by atoms with Crippen LogP contribution in [-0.4, -0.2) is 34.9 Å². The van der Waals surface area contributed by atoms with Gasteiger partial charge in [-0.1, -0.05) is 5.16 Å². The molecular weight excluding hydrogens is 305 g/mol. The van der Waals surface area contributed by atoms with E-state index in [9.17, 15) is 9.18 Å². The van der Waals surface area contributed by atoms with Crippen molar-refractivity contribution in [3.63, 3.8) is 0 Å². The third-order valence-corrected chi connectivity index (χ3v) is 3.26. The summed E-state index contributed by atoms with van der Waals surface area (Å²) in [4.78, 5) is 13.4. The van der Waals surface area contributed by atoms with Crippen LogP contribution in [0.4, 0.5) is 4.39 Å². The fourth-order valence-corrected chi connectivity index (χ4v) is 1.83. The lowest BCUT2D eigenvalue weighted by atomic mass is 10.1. The molecule has 1 atom stereocenters. The van der Waals surface area contributed by atoms with Crippen molar-refractivity contribution in [2.45, 2.75) is 13.0 Å². The highest BCUT2D eigenvalue weighted by Crippen LogP contribution is 2.20. The number of hydrogen-bond donors (Lipinski definition) is 2. The summed E-state index contributed by atoms with van der Waals surface area (Å²) in [6.45, 7) is 1.62. The van der Waals surface area contributed by atoms with E-state index in [2.05, 4.69) is 21.1 Å². The number of rotatable bonds is 3. The van der Waals surface area contributed by atoms with E-state index >= 15 is 0 Å². The molecule has 0 saturated heterocycles. The topological polar surface area (TPSA) is 78.9 Å². The van der Waals surface area contributed by atoms with Crippen molar-refractivity contribution < 1.29 is 14.4 Å². The molecule has 1 amide bonds. The summed E-state index contributed by atoms with van der Waals surface area (Å²) < 4.78 is 13.3. The molecule has 0 bridgehead atoms. The van der Waals surface area contributed by atoms with E-state index < -0.39 is 11.9 Å². The van der Waals surface area contributed by atoms with Crippen LogP contribution in [0.3, 0.4) is 0 Å². The molecule has 5 nitrogen and oxygen atoms in total. The van der Waals surface area contributed by atoms with Gasteiger partial charge in [-0.3, -0.25) is 4.79 Å². The van der Waals surface area contributed by atoms with Crippen LogP contribution in [0.15, 0.2) is 27.8 Å². The SMILES string of the molecule is CC(/C(N)=N/O)N(C)C(=O)c1ccc(F)cc1Br. The molecule has 0 aliphatic heterocycles. The van der Waals surface area contributed by atoms with Gasteiger partial charge in [0.05, 0.1) is 11.6 Å². The Kier molecular flexibility index (Phi) is 4.66. The van der Waals surface area contributed by atoms with Gasteiger partial charge < -0.3 is 15.8 Å². The molecule has 1 unspecified atom stereocenters. The number of halogens is 2. The van der Waals surface area contributed by atoms with E-state index in [1.54, 1.807) is 6.92 Å². The number of oxime groups is 1. The van der Waals surface area contributed by atoms with Crippen LogP contribution in [0.25, 0.3) is 0 Å². The number of nitrogens with zero attached hydrogens (tertiary/aromatic N) is 2. The van der Waals surface area contributed by atoms with E-state index in [0.29, 0.717) is 10.0 Å². The van der Waals surface area contributed by atoms with Crippen molar-refractivity contribution in [2.24, 2.45) is 10.9 Å². The van der Waals surface area contributed by atoms with Gasteiger partial charge in [0.25, 0.3) is 5.91 Å². The summed E-state index contributed by atoms with van der Waals surface area (Å²) in [7, 11) is 1.51. The van der Waals surface area contributed by atoms with Gasteiger partial charge in [-0.05, 0) is 41.1 Å². The normalized spacial score (nSPS) is 13.2. The van der Waals surface area contributed by atoms with E-state index in [1.807, 2.05) is 0 Å². The second-order valence-corrected chi connectivity index (χ2v) is 4.60. The smallest absolute Gasteiger partial charge is 0.255 e. The minimum atomic E-state index is -0.570. The number of carbonyl (C=O) groups excluding carboxylic acids is 1. The average molecular weight is 318 g/mol. The Morgan fingerprint density at radius 1 is 1.61 bits per heavy atom. The zero-order valence-electron chi connectivity index (χ0n) is 9.89. The molecule has 0 fully saturated rings. The molecule has 0 heterocycles. The number of amides is 1. The molecule has 0 aliphatic rings. The van der Waals surface area contributed by atoms with Crippen LogP contribution in [0.5, 0.6) is 0 Å². The maximum absolute atomic E-state index is 12.9. The maximum atomic E-state index is 12.9. The lowest BCUT2D eigenvalue weighted by molar-refractivity contribution is 0.0775. The van der Waals surface area contributed by atoms with Gasteiger partial charge in [0.2, 0.25) is 0 Å². The summed E-state index contributed by atoms with van der Waals surface area (Å²) in [5.74, 6) is -0.879. The molecule has 0 radical (unpaired) electrons. The van der Waals surface area contributed by atoms with Gasteiger partial charge in [0.1, 0.15) is 5.82 Å². The molecule has 1 aromatic carbocycles. The van der Waals surface area contributed by atoms with Crippen LogP contribution in [0.1, 0.15) is 17.3 Å². The van der Waals surface area contributed by atoms with Crippen LogP contribution < -0.4 is 5.73 Å². The van der Waals surface area contributed by atoms with Gasteiger partial charge in [0, 0.05) is 11.5 Å². The summed E-state index contributed by atoms with van der Waals surface area (Å²) in [6, 6.07) is 3.20. The molecule has 1 aromatic rings. The molecule has 0 spiro atoms. The molecule has 1 rings (SSSR count). The molecule has 98 valence electrons. The van der Waals surface area contributed by atoms with E-state index in [4.69, 9.17) is 10.9 Å².